The summed E-state index contributed by atoms with van der Waals surface area (Å²) in [6.45, 7) is 5.53. The number of carbonyl (C=O) groups is 1. The standard InChI is InChI=1S/C18H30N2O2S.BrH/c1-18(2,11-13-23-14-12-20(3,4)5)19-17(21)22-15-16-9-7-6-8-10-16;/h6-10H,11-15H2,1-5H3;1H. The summed E-state index contributed by atoms with van der Waals surface area (Å²) in [7, 11) is 6.61. The number of carbonyl (C=O) groups excluding carboxylic acids is 1. The number of thioether (sulfide) groups is 1. The molecule has 1 aromatic carbocycles. The van der Waals surface area contributed by atoms with E-state index in [-0.39, 0.29) is 28.6 Å². The van der Waals surface area contributed by atoms with Crippen molar-refractivity contribution in [2.75, 3.05) is 39.2 Å². The minimum atomic E-state index is -0.352. The van der Waals surface area contributed by atoms with E-state index in [4.69, 9.17) is 4.74 Å². The Kier molecular flexibility index (Phi) is 10.7. The Labute approximate surface area is 161 Å². The van der Waals surface area contributed by atoms with Gasteiger partial charge in [0.2, 0.25) is 0 Å². The lowest BCUT2D eigenvalue weighted by atomic mass is 10.0. The molecule has 1 rings (SSSR count). The number of halogens is 1. The number of amides is 1. The molecule has 0 radical (unpaired) electrons. The fraction of sp³-hybridized carbons (Fsp3) is 0.611. The van der Waals surface area contributed by atoms with Gasteiger partial charge < -0.3 is 31.5 Å². The Morgan fingerprint density at radius 3 is 2.38 bits per heavy atom. The summed E-state index contributed by atoms with van der Waals surface area (Å²) >= 11 is 1.94. The molecule has 0 bridgehead atoms. The Bertz CT molecular complexity index is 476. The number of benzene rings is 1. The van der Waals surface area contributed by atoms with Gasteiger partial charge in [-0.05, 0) is 31.6 Å². The molecule has 0 atom stereocenters. The molecule has 0 aliphatic rings. The zero-order chi connectivity index (χ0) is 17.3. The third kappa shape index (κ3) is 11.8. The first-order valence-corrected chi connectivity index (χ1v) is 9.20. The van der Waals surface area contributed by atoms with E-state index in [0.717, 1.165) is 34.5 Å². The van der Waals surface area contributed by atoms with E-state index in [9.17, 15) is 4.79 Å². The van der Waals surface area contributed by atoms with E-state index in [1.807, 2.05) is 55.9 Å². The van der Waals surface area contributed by atoms with Crippen LogP contribution < -0.4 is 22.3 Å². The van der Waals surface area contributed by atoms with Crippen LogP contribution >= 0.6 is 11.8 Å². The number of nitrogens with one attached hydrogen (secondary N) is 1. The maximum absolute atomic E-state index is 11.9. The topological polar surface area (TPSA) is 38.3 Å². The Hall–Kier alpha value is -0.720. The van der Waals surface area contributed by atoms with Gasteiger partial charge in [0.25, 0.3) is 0 Å². The monoisotopic (exact) mass is 418 g/mol. The van der Waals surface area contributed by atoms with Gasteiger partial charge in [0, 0.05) is 11.3 Å². The number of ether oxygens (including phenoxy) is 1. The predicted molar refractivity (Wildman–Crippen MR) is 98.7 cm³/mol. The van der Waals surface area contributed by atoms with Crippen molar-refractivity contribution in [1.82, 2.24) is 5.32 Å². The van der Waals surface area contributed by atoms with Gasteiger partial charge in [-0.3, -0.25) is 0 Å². The van der Waals surface area contributed by atoms with Crippen molar-refractivity contribution in [2.45, 2.75) is 32.4 Å². The Balaban J connectivity index is 0.00000529. The third-order valence-electron chi connectivity index (χ3n) is 3.43. The Morgan fingerprint density at radius 2 is 1.79 bits per heavy atom. The average Bonchev–Trinajstić information content (AvgIpc) is 2.44. The van der Waals surface area contributed by atoms with Gasteiger partial charge in [-0.2, -0.15) is 11.8 Å². The van der Waals surface area contributed by atoms with Crippen LogP contribution in [0.15, 0.2) is 30.3 Å². The van der Waals surface area contributed by atoms with E-state index in [1.54, 1.807) is 0 Å². The van der Waals surface area contributed by atoms with Gasteiger partial charge in [-0.15, -0.1) is 0 Å². The van der Waals surface area contributed by atoms with Crippen molar-refractivity contribution in [3.8, 4) is 0 Å². The van der Waals surface area contributed by atoms with Crippen molar-refractivity contribution in [3.63, 3.8) is 0 Å². The van der Waals surface area contributed by atoms with Crippen molar-refractivity contribution in [2.24, 2.45) is 0 Å². The molecule has 0 aromatic heterocycles. The molecule has 0 unspecified atom stereocenters. The van der Waals surface area contributed by atoms with E-state index in [2.05, 4.69) is 26.5 Å². The second kappa shape index (κ2) is 11.0. The lowest BCUT2D eigenvalue weighted by molar-refractivity contribution is -0.867. The minimum Gasteiger partial charge on any atom is -1.00 e. The lowest BCUT2D eigenvalue weighted by Gasteiger charge is -2.26. The molecule has 1 N–H and O–H groups in total. The number of nitrogens with zero attached hydrogens (tertiary/aromatic N) is 1. The third-order valence-corrected chi connectivity index (χ3v) is 4.40. The van der Waals surface area contributed by atoms with E-state index in [1.165, 1.54) is 0 Å². The molecule has 1 amide bonds. The first-order chi connectivity index (χ1) is 10.7. The second-order valence-corrected chi connectivity index (χ2v) is 8.67. The molecule has 0 fully saturated rings. The van der Waals surface area contributed by atoms with Gasteiger partial charge in [-0.1, -0.05) is 30.3 Å². The molecule has 24 heavy (non-hydrogen) atoms. The fourth-order valence-electron chi connectivity index (χ4n) is 1.87. The number of hydrogen-bond donors (Lipinski definition) is 1. The maximum Gasteiger partial charge on any atom is 0.407 e. The summed E-state index contributed by atoms with van der Waals surface area (Å²) in [5.41, 5.74) is 0.744. The van der Waals surface area contributed by atoms with Crippen LogP contribution in [0, 0.1) is 0 Å². The number of hydrogen-bond acceptors (Lipinski definition) is 3. The highest BCUT2D eigenvalue weighted by molar-refractivity contribution is 7.99. The molecule has 0 heterocycles. The molecule has 0 saturated carbocycles. The molecular formula is C18H31BrN2O2S. The molecule has 0 aliphatic heterocycles. The SMILES string of the molecule is CC(C)(CCSCC[N+](C)(C)C)NC(=O)OCc1ccccc1.[Br-]. The molecule has 4 nitrogen and oxygen atoms in total. The van der Waals surface area contributed by atoms with Crippen LogP contribution in [0.2, 0.25) is 0 Å². The van der Waals surface area contributed by atoms with Crippen molar-refractivity contribution in [3.05, 3.63) is 35.9 Å². The maximum atomic E-state index is 11.9. The molecule has 1 aromatic rings. The smallest absolute Gasteiger partial charge is 0.407 e. The summed E-state index contributed by atoms with van der Waals surface area (Å²) in [4.78, 5) is 11.9. The summed E-state index contributed by atoms with van der Waals surface area (Å²) in [6.07, 6.45) is 0.574. The number of alkyl carbamates (subject to hydrolysis) is 1. The largest absolute Gasteiger partial charge is 1.00 e. The van der Waals surface area contributed by atoms with Crippen LogP contribution in [0.3, 0.4) is 0 Å². The first-order valence-electron chi connectivity index (χ1n) is 8.05. The summed E-state index contributed by atoms with van der Waals surface area (Å²) in [5, 5.41) is 2.96. The minimum absolute atomic E-state index is 0. The molecule has 0 saturated heterocycles. The van der Waals surface area contributed by atoms with Crippen LogP contribution in [-0.4, -0.2) is 55.3 Å². The van der Waals surface area contributed by atoms with Crippen LogP contribution in [0.25, 0.3) is 0 Å². The van der Waals surface area contributed by atoms with Gasteiger partial charge in [0.05, 0.1) is 27.7 Å². The molecule has 6 heteroatoms. The van der Waals surface area contributed by atoms with Gasteiger partial charge >= 0.3 is 6.09 Å². The first kappa shape index (κ1) is 23.3. The summed E-state index contributed by atoms with van der Waals surface area (Å²) in [6, 6.07) is 9.72. The van der Waals surface area contributed by atoms with Crippen LogP contribution in [0.1, 0.15) is 25.8 Å². The van der Waals surface area contributed by atoms with Crippen LogP contribution in [0.4, 0.5) is 4.79 Å². The molecular weight excluding hydrogens is 388 g/mol. The van der Waals surface area contributed by atoms with Gasteiger partial charge in [0.1, 0.15) is 6.61 Å². The Morgan fingerprint density at radius 1 is 1.17 bits per heavy atom. The van der Waals surface area contributed by atoms with Crippen molar-refractivity contribution in [1.29, 1.82) is 0 Å². The quantitative estimate of drug-likeness (QED) is 0.469. The van der Waals surface area contributed by atoms with Gasteiger partial charge in [0.15, 0.2) is 0 Å². The number of quaternary nitrogens is 1. The van der Waals surface area contributed by atoms with Crippen molar-refractivity contribution >= 4 is 17.9 Å². The molecule has 0 spiro atoms. The highest BCUT2D eigenvalue weighted by Gasteiger charge is 2.21. The zero-order valence-corrected chi connectivity index (χ0v) is 17.9. The second-order valence-electron chi connectivity index (χ2n) is 7.45. The zero-order valence-electron chi connectivity index (χ0n) is 15.5. The average molecular weight is 419 g/mol. The van der Waals surface area contributed by atoms with Gasteiger partial charge in [-0.25, -0.2) is 4.79 Å². The fourth-order valence-corrected chi connectivity index (χ4v) is 3.40. The normalized spacial score (nSPS) is 11.5. The van der Waals surface area contributed by atoms with Crippen molar-refractivity contribution < 1.29 is 31.0 Å². The van der Waals surface area contributed by atoms with Crippen LogP contribution in [0.5, 0.6) is 0 Å². The number of rotatable bonds is 9. The molecule has 0 aliphatic carbocycles. The summed E-state index contributed by atoms with van der Waals surface area (Å²) < 4.78 is 6.26. The molecule has 138 valence electrons. The summed E-state index contributed by atoms with van der Waals surface area (Å²) in [5.74, 6) is 2.17. The highest BCUT2D eigenvalue weighted by atomic mass is 79.9. The van der Waals surface area contributed by atoms with E-state index in [0.29, 0.717) is 6.61 Å². The van der Waals surface area contributed by atoms with E-state index < -0.39 is 0 Å². The predicted octanol–water partition coefficient (Wildman–Crippen LogP) is 0.525. The van der Waals surface area contributed by atoms with Crippen LogP contribution in [-0.2, 0) is 11.3 Å². The van der Waals surface area contributed by atoms with E-state index >= 15 is 0 Å². The highest BCUT2D eigenvalue weighted by Crippen LogP contribution is 2.14. The lowest BCUT2D eigenvalue weighted by Crippen LogP contribution is -3.00.